The van der Waals surface area contributed by atoms with Crippen molar-refractivity contribution in [1.82, 2.24) is 19.4 Å². The van der Waals surface area contributed by atoms with Crippen molar-refractivity contribution in [3.8, 4) is 11.9 Å². The van der Waals surface area contributed by atoms with E-state index < -0.39 is 17.2 Å². The number of aromatic nitrogens is 3. The summed E-state index contributed by atoms with van der Waals surface area (Å²) >= 11 is 12.3. The quantitative estimate of drug-likeness (QED) is 0.228. The highest BCUT2D eigenvalue weighted by Gasteiger charge is 2.44. The molecule has 41 heavy (non-hydrogen) atoms. The zero-order valence-corrected chi connectivity index (χ0v) is 23.8. The molecule has 11 heteroatoms. The Morgan fingerprint density at radius 1 is 1.17 bits per heavy atom. The van der Waals surface area contributed by atoms with Crippen molar-refractivity contribution in [3.05, 3.63) is 86.5 Å². The molecule has 0 bridgehead atoms. The third-order valence-electron chi connectivity index (χ3n) is 7.73. The third kappa shape index (κ3) is 5.60. The van der Waals surface area contributed by atoms with Gasteiger partial charge in [-0.05, 0) is 61.2 Å². The fourth-order valence-corrected chi connectivity index (χ4v) is 5.55. The lowest BCUT2D eigenvalue weighted by atomic mass is 10.1. The van der Waals surface area contributed by atoms with E-state index in [0.29, 0.717) is 40.8 Å². The average molecular weight is 594 g/mol. The molecule has 4 aromatic rings. The van der Waals surface area contributed by atoms with Crippen LogP contribution in [0.15, 0.2) is 42.5 Å². The van der Waals surface area contributed by atoms with Gasteiger partial charge in [-0.1, -0.05) is 29.3 Å². The number of imidazole rings is 1. The van der Waals surface area contributed by atoms with Gasteiger partial charge in [-0.2, -0.15) is 5.26 Å². The number of esters is 1. The van der Waals surface area contributed by atoms with Gasteiger partial charge in [-0.25, -0.2) is 19.2 Å². The van der Waals surface area contributed by atoms with Crippen molar-refractivity contribution in [3.63, 3.8) is 0 Å². The van der Waals surface area contributed by atoms with Gasteiger partial charge < -0.3 is 14.0 Å². The third-order valence-corrected chi connectivity index (χ3v) is 8.23. The number of nitriles is 1. The van der Waals surface area contributed by atoms with E-state index >= 15 is 0 Å². The van der Waals surface area contributed by atoms with Crippen molar-refractivity contribution >= 4 is 40.2 Å². The van der Waals surface area contributed by atoms with Crippen LogP contribution < -0.4 is 4.74 Å². The van der Waals surface area contributed by atoms with Gasteiger partial charge in [0, 0.05) is 30.2 Å². The Hall–Kier alpha value is -3.71. The molecule has 0 radical (unpaired) electrons. The van der Waals surface area contributed by atoms with Gasteiger partial charge in [0.2, 0.25) is 5.88 Å². The van der Waals surface area contributed by atoms with Gasteiger partial charge in [0.1, 0.15) is 23.3 Å². The number of methoxy groups -OCH3 is 1. The topological polar surface area (TPSA) is 93.3 Å². The summed E-state index contributed by atoms with van der Waals surface area (Å²) in [6.07, 6.45) is 2.41. The standard InChI is InChI=1S/C30H26Cl2FN5O3/c1-40-29(39)19-3-5-24-26(11-19)38(17-30(16-34)7-8-30)27(35-24)14-37-9-6-18-10-22(32)28(36-25(18)13-37)41-15-20-2-4-21(31)12-23(20)33/h2-5,10-12H,6-9,13-15,17H2,1H3. The number of pyridine rings is 1. The highest BCUT2D eigenvalue weighted by atomic mass is 35.5. The van der Waals surface area contributed by atoms with Crippen molar-refractivity contribution in [2.75, 3.05) is 13.7 Å². The van der Waals surface area contributed by atoms with Crippen LogP contribution in [0.1, 0.15) is 45.8 Å². The molecule has 1 fully saturated rings. The van der Waals surface area contributed by atoms with Crippen LogP contribution in [-0.2, 0) is 37.4 Å². The van der Waals surface area contributed by atoms with Gasteiger partial charge in [-0.3, -0.25) is 4.90 Å². The van der Waals surface area contributed by atoms with Crippen LogP contribution in [0.5, 0.6) is 5.88 Å². The highest BCUT2D eigenvalue weighted by Crippen LogP contribution is 2.47. The monoisotopic (exact) mass is 593 g/mol. The van der Waals surface area contributed by atoms with E-state index in [1.165, 1.54) is 13.2 Å². The summed E-state index contributed by atoms with van der Waals surface area (Å²) in [5, 5.41) is 10.5. The Balaban J connectivity index is 1.25. The van der Waals surface area contributed by atoms with Crippen molar-refractivity contribution in [2.24, 2.45) is 5.41 Å². The van der Waals surface area contributed by atoms with E-state index in [-0.39, 0.29) is 12.5 Å². The van der Waals surface area contributed by atoms with E-state index in [4.69, 9.17) is 37.7 Å². The summed E-state index contributed by atoms with van der Waals surface area (Å²) in [6.45, 7) is 2.31. The molecular formula is C30H26Cl2FN5O3. The Morgan fingerprint density at radius 2 is 2.00 bits per heavy atom. The number of nitrogens with zero attached hydrogens (tertiary/aromatic N) is 5. The smallest absolute Gasteiger partial charge is 0.337 e. The number of rotatable bonds is 8. The molecule has 3 heterocycles. The van der Waals surface area contributed by atoms with Gasteiger partial charge >= 0.3 is 5.97 Å². The number of hydrogen-bond donors (Lipinski definition) is 0. The number of carbonyl (C=O) groups is 1. The summed E-state index contributed by atoms with van der Waals surface area (Å²) in [7, 11) is 1.35. The van der Waals surface area contributed by atoms with E-state index in [1.807, 2.05) is 12.1 Å². The fraction of sp³-hybridized carbons (Fsp3) is 0.333. The first-order valence-corrected chi connectivity index (χ1v) is 14.0. The predicted molar refractivity (Wildman–Crippen MR) is 151 cm³/mol. The molecule has 2 aromatic carbocycles. The molecule has 0 N–H and O–H groups in total. The lowest BCUT2D eigenvalue weighted by Gasteiger charge is -2.28. The lowest BCUT2D eigenvalue weighted by Crippen LogP contribution is -2.32. The predicted octanol–water partition coefficient (Wildman–Crippen LogP) is 6.10. The van der Waals surface area contributed by atoms with Gasteiger partial charge in [0.05, 0.1) is 47.4 Å². The lowest BCUT2D eigenvalue weighted by molar-refractivity contribution is 0.0601. The minimum atomic E-state index is -0.455. The number of ether oxygens (including phenoxy) is 2. The molecule has 0 saturated heterocycles. The van der Waals surface area contributed by atoms with Gasteiger partial charge in [-0.15, -0.1) is 0 Å². The normalized spacial score (nSPS) is 15.8. The molecule has 0 amide bonds. The molecular weight excluding hydrogens is 568 g/mol. The summed E-state index contributed by atoms with van der Waals surface area (Å²) in [5.74, 6) is 0.185. The maximum Gasteiger partial charge on any atom is 0.337 e. The van der Waals surface area contributed by atoms with Gasteiger partial charge in [0.25, 0.3) is 0 Å². The SMILES string of the molecule is COC(=O)c1ccc2nc(CN3CCc4cc(Cl)c(OCc5ccc(Cl)cc5F)nc4C3)n(CC3(C#N)CC3)c2c1. The summed E-state index contributed by atoms with van der Waals surface area (Å²) in [5.41, 5.74) is 3.81. The largest absolute Gasteiger partial charge is 0.472 e. The molecule has 1 aliphatic heterocycles. The first kappa shape index (κ1) is 27.5. The molecule has 1 aliphatic carbocycles. The Morgan fingerprint density at radius 3 is 2.73 bits per heavy atom. The molecule has 2 aliphatic rings. The molecule has 1 saturated carbocycles. The Bertz CT molecular complexity index is 1710. The van der Waals surface area contributed by atoms with Crippen molar-refractivity contribution in [1.29, 1.82) is 5.26 Å². The first-order valence-electron chi connectivity index (χ1n) is 13.2. The molecule has 210 valence electrons. The average Bonchev–Trinajstić information content (AvgIpc) is 3.67. The van der Waals surface area contributed by atoms with E-state index in [2.05, 4.69) is 20.5 Å². The second-order valence-electron chi connectivity index (χ2n) is 10.6. The molecule has 0 atom stereocenters. The fourth-order valence-electron chi connectivity index (χ4n) is 5.16. The number of benzene rings is 2. The zero-order valence-electron chi connectivity index (χ0n) is 22.3. The van der Waals surface area contributed by atoms with Crippen LogP contribution in [0.2, 0.25) is 10.0 Å². The maximum absolute atomic E-state index is 14.2. The Labute approximate surface area is 246 Å². The summed E-state index contributed by atoms with van der Waals surface area (Å²) in [6, 6.07) is 14.1. The number of halogens is 3. The minimum absolute atomic E-state index is 0.0313. The van der Waals surface area contributed by atoms with Crippen LogP contribution in [0.3, 0.4) is 0 Å². The number of carbonyl (C=O) groups excluding carboxylic acids is 1. The molecule has 0 spiro atoms. The van der Waals surface area contributed by atoms with Gasteiger partial charge in [0.15, 0.2) is 0 Å². The Kier molecular flexibility index (Phi) is 7.32. The number of hydrogen-bond acceptors (Lipinski definition) is 7. The van der Waals surface area contributed by atoms with Crippen molar-refractivity contribution in [2.45, 2.75) is 45.5 Å². The van der Waals surface area contributed by atoms with Crippen molar-refractivity contribution < 1.29 is 18.7 Å². The van der Waals surface area contributed by atoms with Crippen LogP contribution in [-0.4, -0.2) is 39.1 Å². The summed E-state index contributed by atoms with van der Waals surface area (Å²) in [4.78, 5) is 24.0. The maximum atomic E-state index is 14.2. The molecule has 2 aromatic heterocycles. The first-order chi connectivity index (χ1) is 19.8. The second kappa shape index (κ2) is 10.9. The molecule has 0 unspecified atom stereocenters. The van der Waals surface area contributed by atoms with E-state index in [0.717, 1.165) is 53.9 Å². The van der Waals surface area contributed by atoms with Crippen LogP contribution in [0.4, 0.5) is 4.39 Å². The van der Waals surface area contributed by atoms with Crippen LogP contribution in [0.25, 0.3) is 11.0 Å². The molecule has 6 rings (SSSR count). The van der Waals surface area contributed by atoms with E-state index in [9.17, 15) is 14.4 Å². The molecule has 8 nitrogen and oxygen atoms in total. The zero-order chi connectivity index (χ0) is 28.7. The summed E-state index contributed by atoms with van der Waals surface area (Å²) < 4.78 is 27.0. The van der Waals surface area contributed by atoms with E-state index in [1.54, 1.807) is 24.3 Å². The van der Waals surface area contributed by atoms with Crippen LogP contribution >= 0.6 is 23.2 Å². The van der Waals surface area contributed by atoms with Crippen LogP contribution in [0, 0.1) is 22.6 Å². The highest BCUT2D eigenvalue weighted by molar-refractivity contribution is 6.32. The minimum Gasteiger partial charge on any atom is -0.472 e. The second-order valence-corrected chi connectivity index (χ2v) is 11.4. The number of fused-ring (bicyclic) bond motifs is 2.